The fourth-order valence-corrected chi connectivity index (χ4v) is 2.96. The van der Waals surface area contributed by atoms with Gasteiger partial charge in [-0.15, -0.1) is 0 Å². The normalized spacial score (nSPS) is 19.2. The summed E-state index contributed by atoms with van der Waals surface area (Å²) in [6.45, 7) is 0. The van der Waals surface area contributed by atoms with Crippen molar-refractivity contribution in [2.45, 2.75) is 51.4 Å². The number of hydrogen-bond acceptors (Lipinski definition) is 1. The van der Waals surface area contributed by atoms with E-state index in [1.165, 1.54) is 12.5 Å². The first-order chi connectivity index (χ1) is 9.17. The Labute approximate surface area is 113 Å². The molecule has 0 N–H and O–H groups in total. The average molecular weight is 263 g/mol. The molecule has 1 aliphatic rings. The molecule has 0 saturated heterocycles. The summed E-state index contributed by atoms with van der Waals surface area (Å²) in [5, 5.41) is 9.51. The van der Waals surface area contributed by atoms with Crippen LogP contribution in [0.1, 0.15) is 50.5 Å². The maximum absolute atomic E-state index is 13.8. The van der Waals surface area contributed by atoms with Gasteiger partial charge in [0.1, 0.15) is 0 Å². The number of nitrogens with zero attached hydrogens (tertiary/aromatic N) is 1. The average Bonchev–Trinajstić information content (AvgIpc) is 2.38. The van der Waals surface area contributed by atoms with Gasteiger partial charge in [0.2, 0.25) is 0 Å². The molecule has 0 bridgehead atoms. The second-order valence-electron chi connectivity index (χ2n) is 5.55. The quantitative estimate of drug-likeness (QED) is 0.754. The number of rotatable bonds is 2. The molecule has 102 valence electrons. The van der Waals surface area contributed by atoms with Gasteiger partial charge in [-0.05, 0) is 30.9 Å². The Hall–Kier alpha value is -1.43. The first-order valence-corrected chi connectivity index (χ1v) is 7.01. The predicted molar refractivity (Wildman–Crippen MR) is 70.4 cm³/mol. The van der Waals surface area contributed by atoms with E-state index < -0.39 is 17.0 Å². The third-order valence-electron chi connectivity index (χ3n) is 4.11. The molecule has 0 unspecified atom stereocenters. The third-order valence-corrected chi connectivity index (χ3v) is 4.11. The second-order valence-corrected chi connectivity index (χ2v) is 5.55. The summed E-state index contributed by atoms with van der Waals surface area (Å²) in [6, 6.07) is 6.62. The molecule has 1 saturated carbocycles. The highest BCUT2D eigenvalue weighted by Gasteiger charge is 2.31. The minimum atomic E-state index is -0.823. The summed E-state index contributed by atoms with van der Waals surface area (Å²) in [5.41, 5.74) is -0.183. The minimum Gasteiger partial charge on any atom is -0.204 e. The van der Waals surface area contributed by atoms with Crippen LogP contribution in [0.15, 0.2) is 18.2 Å². The van der Waals surface area contributed by atoms with Crippen LogP contribution >= 0.6 is 0 Å². The van der Waals surface area contributed by atoms with Crippen LogP contribution in [0.25, 0.3) is 0 Å². The first-order valence-electron chi connectivity index (χ1n) is 7.01. The number of halogens is 2. The molecule has 2 rings (SSSR count). The molecule has 0 atom stereocenters. The van der Waals surface area contributed by atoms with Crippen molar-refractivity contribution in [3.8, 4) is 6.07 Å². The highest BCUT2D eigenvalue weighted by Crippen LogP contribution is 2.37. The fourth-order valence-electron chi connectivity index (χ4n) is 2.96. The molecule has 1 aromatic carbocycles. The Kier molecular flexibility index (Phi) is 4.52. The van der Waals surface area contributed by atoms with Gasteiger partial charge in [-0.2, -0.15) is 5.26 Å². The van der Waals surface area contributed by atoms with Crippen LogP contribution in [0.4, 0.5) is 8.78 Å². The van der Waals surface area contributed by atoms with Gasteiger partial charge in [0.25, 0.3) is 0 Å². The van der Waals surface area contributed by atoms with E-state index in [2.05, 4.69) is 6.07 Å². The lowest BCUT2D eigenvalue weighted by atomic mass is 9.73. The monoisotopic (exact) mass is 263 g/mol. The van der Waals surface area contributed by atoms with Gasteiger partial charge in [-0.3, -0.25) is 0 Å². The highest BCUT2D eigenvalue weighted by atomic mass is 19.2. The van der Waals surface area contributed by atoms with Crippen LogP contribution in [0.5, 0.6) is 0 Å². The molecule has 19 heavy (non-hydrogen) atoms. The highest BCUT2D eigenvalue weighted by molar-refractivity contribution is 5.22. The van der Waals surface area contributed by atoms with Crippen molar-refractivity contribution in [3.63, 3.8) is 0 Å². The summed E-state index contributed by atoms with van der Waals surface area (Å²) < 4.78 is 27.0. The van der Waals surface area contributed by atoms with E-state index in [1.807, 2.05) is 0 Å². The molecule has 3 heteroatoms. The zero-order valence-corrected chi connectivity index (χ0v) is 11.1. The van der Waals surface area contributed by atoms with E-state index in [1.54, 1.807) is 6.07 Å². The summed E-state index contributed by atoms with van der Waals surface area (Å²) in [6.07, 6.45) is 7.40. The van der Waals surface area contributed by atoms with Gasteiger partial charge in [-0.1, -0.05) is 44.2 Å². The molecule has 1 fully saturated rings. The topological polar surface area (TPSA) is 23.8 Å². The molecule has 0 aliphatic heterocycles. The zero-order chi connectivity index (χ0) is 13.7. The van der Waals surface area contributed by atoms with Crippen LogP contribution in [0.3, 0.4) is 0 Å². The van der Waals surface area contributed by atoms with Gasteiger partial charge >= 0.3 is 0 Å². The van der Waals surface area contributed by atoms with E-state index in [-0.39, 0.29) is 0 Å². The Bertz CT molecular complexity index is 468. The van der Waals surface area contributed by atoms with Gasteiger partial charge in [0.05, 0.1) is 11.5 Å². The van der Waals surface area contributed by atoms with Crippen molar-refractivity contribution < 1.29 is 8.78 Å². The van der Waals surface area contributed by atoms with Crippen molar-refractivity contribution >= 4 is 0 Å². The van der Waals surface area contributed by atoms with Crippen molar-refractivity contribution in [1.29, 1.82) is 5.26 Å². The van der Waals surface area contributed by atoms with E-state index in [0.29, 0.717) is 12.0 Å². The lowest BCUT2D eigenvalue weighted by Gasteiger charge is -2.28. The number of nitriles is 1. The molecule has 0 heterocycles. The fraction of sp³-hybridized carbons (Fsp3) is 0.562. The largest absolute Gasteiger partial charge is 0.204 e. The zero-order valence-electron chi connectivity index (χ0n) is 11.1. The lowest BCUT2D eigenvalue weighted by molar-refractivity contribution is 0.283. The van der Waals surface area contributed by atoms with Gasteiger partial charge < -0.3 is 0 Å². The summed E-state index contributed by atoms with van der Waals surface area (Å²) in [5.74, 6) is -1.62. The van der Waals surface area contributed by atoms with Crippen LogP contribution in [0.2, 0.25) is 0 Å². The van der Waals surface area contributed by atoms with Crippen LogP contribution in [0, 0.1) is 28.4 Å². The number of benzene rings is 1. The standard InChI is InChI=1S/C16H19F2N/c17-14-8-6-7-13(15(14)18)11-16(12-19)9-4-2-1-3-5-10-16/h6-8H,1-5,9-11H2. The van der Waals surface area contributed by atoms with E-state index in [0.717, 1.165) is 44.6 Å². The molecular formula is C16H19F2N. The molecule has 0 radical (unpaired) electrons. The first kappa shape index (κ1) is 14.0. The van der Waals surface area contributed by atoms with E-state index in [9.17, 15) is 14.0 Å². The SMILES string of the molecule is N#CC1(Cc2cccc(F)c2F)CCCCCCC1. The second kappa shape index (κ2) is 6.14. The Balaban J connectivity index is 2.21. The summed E-state index contributed by atoms with van der Waals surface area (Å²) in [7, 11) is 0. The number of hydrogen-bond donors (Lipinski definition) is 0. The van der Waals surface area contributed by atoms with Gasteiger partial charge in [0.15, 0.2) is 11.6 Å². The Morgan fingerprint density at radius 3 is 2.32 bits per heavy atom. The molecule has 0 aromatic heterocycles. The smallest absolute Gasteiger partial charge is 0.162 e. The molecular weight excluding hydrogens is 244 g/mol. The van der Waals surface area contributed by atoms with Crippen molar-refractivity contribution in [1.82, 2.24) is 0 Å². The van der Waals surface area contributed by atoms with Crippen molar-refractivity contribution in [2.75, 3.05) is 0 Å². The molecule has 1 aromatic rings. The Morgan fingerprint density at radius 1 is 1.05 bits per heavy atom. The molecule has 1 aliphatic carbocycles. The Morgan fingerprint density at radius 2 is 1.68 bits per heavy atom. The van der Waals surface area contributed by atoms with Crippen LogP contribution in [-0.2, 0) is 6.42 Å². The molecule has 0 amide bonds. The molecule has 0 spiro atoms. The van der Waals surface area contributed by atoms with E-state index >= 15 is 0 Å². The summed E-state index contributed by atoms with van der Waals surface area (Å²) >= 11 is 0. The van der Waals surface area contributed by atoms with Gasteiger partial charge in [-0.25, -0.2) is 8.78 Å². The van der Waals surface area contributed by atoms with Crippen molar-refractivity contribution in [3.05, 3.63) is 35.4 Å². The third kappa shape index (κ3) is 3.32. The van der Waals surface area contributed by atoms with E-state index in [4.69, 9.17) is 0 Å². The molecule has 1 nitrogen and oxygen atoms in total. The lowest BCUT2D eigenvalue weighted by Crippen LogP contribution is -2.23. The van der Waals surface area contributed by atoms with Crippen LogP contribution < -0.4 is 0 Å². The maximum atomic E-state index is 13.8. The van der Waals surface area contributed by atoms with Gasteiger partial charge in [0, 0.05) is 0 Å². The maximum Gasteiger partial charge on any atom is 0.162 e. The minimum absolute atomic E-state index is 0.326. The van der Waals surface area contributed by atoms with Crippen molar-refractivity contribution in [2.24, 2.45) is 5.41 Å². The summed E-state index contributed by atoms with van der Waals surface area (Å²) in [4.78, 5) is 0. The van der Waals surface area contributed by atoms with Crippen LogP contribution in [-0.4, -0.2) is 0 Å². The predicted octanol–water partition coefficient (Wildman–Crippen LogP) is 4.76.